The summed E-state index contributed by atoms with van der Waals surface area (Å²) in [5.74, 6) is 1.15. The fraction of sp³-hybridized carbons (Fsp3) is 0.333. The van der Waals surface area contributed by atoms with Crippen LogP contribution in [-0.2, 0) is 19.5 Å². The Bertz CT molecular complexity index is 2090. The summed E-state index contributed by atoms with van der Waals surface area (Å²) in [6, 6.07) is 13.6. The minimum absolute atomic E-state index is 0.200. The Morgan fingerprint density at radius 2 is 1.98 bits per heavy atom. The normalized spacial score (nSPS) is 15.7. The number of amides is 1. The third kappa shape index (κ3) is 4.71. The summed E-state index contributed by atoms with van der Waals surface area (Å²) in [5.41, 5.74) is 5.33. The first kappa shape index (κ1) is 26.9. The number of anilines is 2. The molecule has 2 N–H and O–H groups in total. The molecule has 5 aromatic heterocycles. The molecule has 44 heavy (non-hydrogen) atoms. The highest BCUT2D eigenvalue weighted by Gasteiger charge is 2.25. The first-order chi connectivity index (χ1) is 21.5. The van der Waals surface area contributed by atoms with E-state index in [2.05, 4.69) is 42.8 Å². The van der Waals surface area contributed by atoms with Crippen LogP contribution in [0.1, 0.15) is 59.3 Å². The van der Waals surface area contributed by atoms with Gasteiger partial charge in [0.25, 0.3) is 11.5 Å². The number of fused-ring (bicyclic) bond motifs is 5. The number of carbonyl (C=O) groups is 1. The number of nitrogens with one attached hydrogen (secondary N) is 2. The highest BCUT2D eigenvalue weighted by Crippen LogP contribution is 2.32. The number of aryl methyl sites for hydroxylation is 1. The van der Waals surface area contributed by atoms with Gasteiger partial charge in [-0.2, -0.15) is 5.10 Å². The van der Waals surface area contributed by atoms with E-state index in [0.29, 0.717) is 40.1 Å². The van der Waals surface area contributed by atoms with Gasteiger partial charge < -0.3 is 9.88 Å². The molecule has 8 rings (SSSR count). The lowest BCUT2D eigenvalue weighted by Gasteiger charge is -2.31. The van der Waals surface area contributed by atoms with Crippen LogP contribution in [0.25, 0.3) is 32.3 Å². The maximum atomic E-state index is 13.5. The van der Waals surface area contributed by atoms with E-state index in [-0.39, 0.29) is 11.5 Å². The van der Waals surface area contributed by atoms with Gasteiger partial charge in [-0.1, -0.05) is 42.7 Å². The molecule has 11 heteroatoms. The lowest BCUT2D eigenvalue weighted by atomic mass is 9.89. The number of benzene rings is 1. The zero-order valence-corrected chi connectivity index (χ0v) is 25.3. The van der Waals surface area contributed by atoms with Crippen LogP contribution in [0, 0.1) is 12.8 Å². The summed E-state index contributed by atoms with van der Waals surface area (Å²) >= 11 is 1.36. The number of rotatable bonds is 5. The van der Waals surface area contributed by atoms with Crippen molar-refractivity contribution in [2.45, 2.75) is 58.5 Å². The van der Waals surface area contributed by atoms with Crippen LogP contribution in [0.3, 0.4) is 0 Å². The van der Waals surface area contributed by atoms with Crippen molar-refractivity contribution < 1.29 is 4.79 Å². The maximum Gasteiger partial charge on any atom is 0.276 e. The van der Waals surface area contributed by atoms with E-state index >= 15 is 0 Å². The molecule has 1 aromatic carbocycles. The average molecular weight is 605 g/mol. The lowest BCUT2D eigenvalue weighted by Crippen LogP contribution is -2.33. The van der Waals surface area contributed by atoms with Gasteiger partial charge in [0.1, 0.15) is 21.7 Å². The summed E-state index contributed by atoms with van der Waals surface area (Å²) in [6.45, 7) is 4.22. The standard InChI is InChI=1S/C33H32N8O2S/c1-19-27-23-12-13-26(36-28(23)31(43)37-29(27)39-41(19)17-20-7-3-2-4-8-20)40-16-14-21-9-5-10-22(24(21)18-40)30(42)38-33-35-25-11-6-15-34-32(25)44-33/h5-6,9-13,15,20H,2-4,7-8,14,16-18H2,1H3,(H,35,38,42)(H,37,39,43). The molecule has 0 saturated heterocycles. The van der Waals surface area contributed by atoms with Gasteiger partial charge >= 0.3 is 0 Å². The van der Waals surface area contributed by atoms with Crippen LogP contribution in [0.4, 0.5) is 10.9 Å². The van der Waals surface area contributed by atoms with Crippen molar-refractivity contribution in [2.24, 2.45) is 5.92 Å². The fourth-order valence-electron chi connectivity index (χ4n) is 6.89. The molecule has 0 bridgehead atoms. The number of H-pyrrole nitrogens is 1. The molecule has 1 fully saturated rings. The number of hydrogen-bond acceptors (Lipinski definition) is 8. The number of aromatic nitrogens is 6. The van der Waals surface area contributed by atoms with E-state index in [1.807, 2.05) is 36.4 Å². The molecule has 1 saturated carbocycles. The van der Waals surface area contributed by atoms with Gasteiger partial charge in [0.05, 0.1) is 0 Å². The van der Waals surface area contributed by atoms with Gasteiger partial charge in [-0.15, -0.1) is 0 Å². The number of aromatic amines is 1. The summed E-state index contributed by atoms with van der Waals surface area (Å²) in [6.07, 6.45) is 8.85. The van der Waals surface area contributed by atoms with Crippen LogP contribution in [-0.4, -0.2) is 42.2 Å². The third-order valence-electron chi connectivity index (χ3n) is 9.19. The van der Waals surface area contributed by atoms with Gasteiger partial charge in [-0.05, 0) is 73.6 Å². The quantitative estimate of drug-likeness (QED) is 0.248. The van der Waals surface area contributed by atoms with Crippen molar-refractivity contribution in [1.29, 1.82) is 0 Å². The molecule has 1 amide bonds. The Labute approximate surface area is 257 Å². The number of carbonyl (C=O) groups excluding carboxylic acids is 1. The highest BCUT2D eigenvalue weighted by atomic mass is 32.1. The molecule has 0 radical (unpaired) electrons. The second kappa shape index (κ2) is 10.8. The lowest BCUT2D eigenvalue weighted by molar-refractivity contribution is 0.102. The predicted molar refractivity (Wildman–Crippen MR) is 174 cm³/mol. The molecule has 6 heterocycles. The van der Waals surface area contributed by atoms with E-state index in [9.17, 15) is 9.59 Å². The first-order valence-electron chi connectivity index (χ1n) is 15.3. The van der Waals surface area contributed by atoms with Gasteiger partial charge in [-0.25, -0.2) is 15.0 Å². The molecule has 0 spiro atoms. The Hall–Kier alpha value is -4.64. The Morgan fingerprint density at radius 1 is 1.09 bits per heavy atom. The van der Waals surface area contributed by atoms with Gasteiger partial charge in [0.2, 0.25) is 0 Å². The van der Waals surface area contributed by atoms with Gasteiger partial charge in [0.15, 0.2) is 10.8 Å². The number of pyridine rings is 3. The van der Waals surface area contributed by atoms with E-state index in [1.54, 1.807) is 6.20 Å². The Morgan fingerprint density at radius 3 is 2.84 bits per heavy atom. The van der Waals surface area contributed by atoms with Crippen molar-refractivity contribution in [3.05, 3.63) is 81.4 Å². The molecule has 222 valence electrons. The van der Waals surface area contributed by atoms with Gasteiger partial charge in [-0.3, -0.25) is 19.6 Å². The minimum atomic E-state index is -0.237. The number of hydrogen-bond donors (Lipinski definition) is 2. The summed E-state index contributed by atoms with van der Waals surface area (Å²) in [5, 5.41) is 10.1. The molecular weight excluding hydrogens is 572 g/mol. The van der Waals surface area contributed by atoms with Crippen LogP contribution in [0.15, 0.2) is 53.5 Å². The molecule has 1 aliphatic carbocycles. The smallest absolute Gasteiger partial charge is 0.276 e. The van der Waals surface area contributed by atoms with Crippen molar-refractivity contribution in [1.82, 2.24) is 29.7 Å². The second-order valence-corrected chi connectivity index (χ2v) is 12.9. The van der Waals surface area contributed by atoms with Crippen molar-refractivity contribution in [3.8, 4) is 0 Å². The average Bonchev–Trinajstić information content (AvgIpc) is 3.60. The molecular formula is C33H32N8O2S. The Kier molecular flexibility index (Phi) is 6.62. The third-order valence-corrected chi connectivity index (χ3v) is 10.1. The molecule has 0 atom stereocenters. The minimum Gasteiger partial charge on any atom is -0.352 e. The zero-order chi connectivity index (χ0) is 29.8. The topological polar surface area (TPSA) is 122 Å². The summed E-state index contributed by atoms with van der Waals surface area (Å²) in [7, 11) is 0. The maximum absolute atomic E-state index is 13.5. The molecule has 2 aliphatic rings. The predicted octanol–water partition coefficient (Wildman–Crippen LogP) is 5.98. The molecule has 1 aliphatic heterocycles. The zero-order valence-electron chi connectivity index (χ0n) is 24.5. The van der Waals surface area contributed by atoms with E-state index in [4.69, 9.17) is 10.1 Å². The number of nitrogens with zero attached hydrogens (tertiary/aromatic N) is 6. The number of thiazole rings is 1. The molecule has 10 nitrogen and oxygen atoms in total. The van der Waals surface area contributed by atoms with Crippen LogP contribution >= 0.6 is 11.3 Å². The van der Waals surface area contributed by atoms with Crippen molar-refractivity contribution >= 4 is 60.5 Å². The molecule has 6 aromatic rings. The van der Waals surface area contributed by atoms with E-state index < -0.39 is 0 Å². The fourth-order valence-corrected chi connectivity index (χ4v) is 7.69. The van der Waals surface area contributed by atoms with E-state index in [1.165, 1.54) is 43.4 Å². The SMILES string of the molecule is Cc1c2c(nn1CC1CCCCC1)[nH]c(=O)c1nc(N3CCc4cccc(C(=O)Nc5nc6cccnc6s5)c4C3)ccc12. The summed E-state index contributed by atoms with van der Waals surface area (Å²) < 4.78 is 2.07. The van der Waals surface area contributed by atoms with Crippen LogP contribution < -0.4 is 15.8 Å². The van der Waals surface area contributed by atoms with Crippen molar-refractivity contribution in [2.75, 3.05) is 16.8 Å². The van der Waals surface area contributed by atoms with E-state index in [0.717, 1.165) is 57.5 Å². The van der Waals surface area contributed by atoms with Crippen molar-refractivity contribution in [3.63, 3.8) is 0 Å². The molecule has 0 unspecified atom stereocenters. The van der Waals surface area contributed by atoms with Crippen LogP contribution in [0.2, 0.25) is 0 Å². The highest BCUT2D eigenvalue weighted by molar-refractivity contribution is 7.21. The van der Waals surface area contributed by atoms with Gasteiger partial charge in [0, 0.05) is 47.9 Å². The Balaban J connectivity index is 1.09. The van der Waals surface area contributed by atoms with Crippen LogP contribution in [0.5, 0.6) is 0 Å². The summed E-state index contributed by atoms with van der Waals surface area (Å²) in [4.78, 5) is 46.4. The monoisotopic (exact) mass is 604 g/mol. The first-order valence-corrected chi connectivity index (χ1v) is 16.1. The second-order valence-electron chi connectivity index (χ2n) is 11.9. The largest absolute Gasteiger partial charge is 0.352 e.